The van der Waals surface area contributed by atoms with Crippen LogP contribution in [0.1, 0.15) is 22.4 Å². The van der Waals surface area contributed by atoms with Gasteiger partial charge in [-0.2, -0.15) is 0 Å². The van der Waals surface area contributed by atoms with Gasteiger partial charge in [-0.25, -0.2) is 0 Å². The first kappa shape index (κ1) is 10.5. The molecule has 1 unspecified atom stereocenters. The minimum atomic E-state index is -0.837. The molecule has 0 amide bonds. The molecule has 2 rings (SSSR count). The fraction of sp³-hybridized carbons (Fsp3) is 0.333. The molecule has 0 saturated carbocycles. The third-order valence-electron chi connectivity index (χ3n) is 2.37. The summed E-state index contributed by atoms with van der Waals surface area (Å²) in [4.78, 5) is 2.20. The van der Waals surface area contributed by atoms with Crippen LogP contribution in [0.2, 0.25) is 0 Å². The number of aliphatic hydroxyl groups is 1. The summed E-state index contributed by atoms with van der Waals surface area (Å²) in [6, 6.07) is 7.72. The van der Waals surface area contributed by atoms with Gasteiger partial charge in [0.2, 0.25) is 0 Å². The second-order valence-electron chi connectivity index (χ2n) is 3.94. The van der Waals surface area contributed by atoms with Crippen molar-refractivity contribution in [1.29, 1.82) is 0 Å². The average molecular weight is 222 g/mol. The topological polar surface area (TPSA) is 33.4 Å². The van der Waals surface area contributed by atoms with E-state index in [-0.39, 0.29) is 0 Å². The predicted molar refractivity (Wildman–Crippen MR) is 61.0 cm³/mol. The van der Waals surface area contributed by atoms with Crippen molar-refractivity contribution in [1.82, 2.24) is 0 Å². The normalized spacial score (nSPS) is 15.1. The Morgan fingerprint density at radius 1 is 1.40 bits per heavy atom. The first-order chi connectivity index (χ1) is 7.08. The molecule has 0 aliphatic rings. The van der Waals surface area contributed by atoms with Crippen LogP contribution >= 0.6 is 11.3 Å². The van der Waals surface area contributed by atoms with Crippen molar-refractivity contribution in [3.05, 3.63) is 46.0 Å². The van der Waals surface area contributed by atoms with Gasteiger partial charge in [0.15, 0.2) is 0 Å². The van der Waals surface area contributed by atoms with E-state index in [4.69, 9.17) is 4.42 Å². The minimum Gasteiger partial charge on any atom is -0.469 e. The van der Waals surface area contributed by atoms with Crippen LogP contribution < -0.4 is 0 Å². The van der Waals surface area contributed by atoms with Gasteiger partial charge in [0.1, 0.15) is 11.4 Å². The minimum absolute atomic E-state index is 0.514. The summed E-state index contributed by atoms with van der Waals surface area (Å²) < 4.78 is 5.24. The highest BCUT2D eigenvalue weighted by atomic mass is 32.1. The Hall–Kier alpha value is -1.06. The molecule has 1 atom stereocenters. The lowest BCUT2D eigenvalue weighted by Crippen LogP contribution is -2.22. The van der Waals surface area contributed by atoms with Crippen LogP contribution in [0.5, 0.6) is 0 Å². The molecule has 0 fully saturated rings. The first-order valence-corrected chi connectivity index (χ1v) is 5.71. The molecule has 3 heteroatoms. The van der Waals surface area contributed by atoms with Gasteiger partial charge in [-0.1, -0.05) is 0 Å². The highest BCUT2D eigenvalue weighted by Crippen LogP contribution is 2.30. The second kappa shape index (κ2) is 3.83. The molecule has 2 nitrogen and oxygen atoms in total. The third kappa shape index (κ3) is 2.30. The summed E-state index contributed by atoms with van der Waals surface area (Å²) >= 11 is 1.62. The summed E-state index contributed by atoms with van der Waals surface area (Å²) in [5.41, 5.74) is -0.837. The van der Waals surface area contributed by atoms with Gasteiger partial charge in [0.25, 0.3) is 0 Å². The number of furan rings is 1. The van der Waals surface area contributed by atoms with Gasteiger partial charge in [-0.3, -0.25) is 0 Å². The Bertz CT molecular complexity index is 426. The van der Waals surface area contributed by atoms with E-state index in [2.05, 4.69) is 0 Å². The number of aryl methyl sites for hydroxylation is 1. The lowest BCUT2D eigenvalue weighted by atomic mass is 9.99. The smallest absolute Gasteiger partial charge is 0.107 e. The summed E-state index contributed by atoms with van der Waals surface area (Å²) in [5, 5.41) is 10.3. The Morgan fingerprint density at radius 2 is 2.20 bits per heavy atom. The van der Waals surface area contributed by atoms with Gasteiger partial charge >= 0.3 is 0 Å². The molecular weight excluding hydrogens is 208 g/mol. The SMILES string of the molecule is Cc1ccc(C(C)(O)Cc2ccco2)s1. The molecule has 1 N–H and O–H groups in total. The lowest BCUT2D eigenvalue weighted by Gasteiger charge is -2.20. The van der Waals surface area contributed by atoms with Gasteiger partial charge < -0.3 is 9.52 Å². The lowest BCUT2D eigenvalue weighted by molar-refractivity contribution is 0.0559. The van der Waals surface area contributed by atoms with Crippen molar-refractivity contribution in [2.24, 2.45) is 0 Å². The molecule has 0 radical (unpaired) electrons. The molecule has 0 saturated heterocycles. The number of hydrogen-bond acceptors (Lipinski definition) is 3. The Kier molecular flexibility index (Phi) is 2.67. The van der Waals surface area contributed by atoms with E-state index in [1.165, 1.54) is 4.88 Å². The van der Waals surface area contributed by atoms with E-state index in [1.54, 1.807) is 17.6 Å². The zero-order chi connectivity index (χ0) is 10.9. The zero-order valence-electron chi connectivity index (χ0n) is 8.86. The molecule has 2 aromatic rings. The van der Waals surface area contributed by atoms with Gasteiger partial charge in [-0.15, -0.1) is 11.3 Å². The van der Waals surface area contributed by atoms with Crippen LogP contribution in [0.15, 0.2) is 34.9 Å². The fourth-order valence-corrected chi connectivity index (χ4v) is 2.47. The van der Waals surface area contributed by atoms with Crippen LogP contribution in [0.4, 0.5) is 0 Å². The molecule has 0 spiro atoms. The van der Waals surface area contributed by atoms with Gasteiger partial charge in [0.05, 0.1) is 6.26 Å². The van der Waals surface area contributed by atoms with Crippen molar-refractivity contribution in [2.75, 3.05) is 0 Å². The van der Waals surface area contributed by atoms with Crippen molar-refractivity contribution < 1.29 is 9.52 Å². The molecule has 0 bridgehead atoms. The monoisotopic (exact) mass is 222 g/mol. The van der Waals surface area contributed by atoms with E-state index < -0.39 is 5.60 Å². The van der Waals surface area contributed by atoms with Gasteiger partial charge in [0, 0.05) is 16.2 Å². The standard InChI is InChI=1S/C12H14O2S/c1-9-5-6-11(15-9)12(2,13)8-10-4-3-7-14-10/h3-7,13H,8H2,1-2H3. The summed E-state index contributed by atoms with van der Waals surface area (Å²) in [6.45, 7) is 3.86. The average Bonchev–Trinajstić information content (AvgIpc) is 2.75. The van der Waals surface area contributed by atoms with E-state index in [1.807, 2.05) is 38.1 Å². The van der Waals surface area contributed by atoms with Crippen molar-refractivity contribution in [2.45, 2.75) is 25.9 Å². The van der Waals surface area contributed by atoms with E-state index in [9.17, 15) is 5.11 Å². The van der Waals surface area contributed by atoms with Crippen molar-refractivity contribution in [3.8, 4) is 0 Å². The van der Waals surface area contributed by atoms with Crippen molar-refractivity contribution in [3.63, 3.8) is 0 Å². The molecule has 0 aliphatic carbocycles. The molecule has 2 heterocycles. The highest BCUT2D eigenvalue weighted by Gasteiger charge is 2.26. The molecule has 15 heavy (non-hydrogen) atoms. The largest absolute Gasteiger partial charge is 0.469 e. The number of hydrogen-bond donors (Lipinski definition) is 1. The first-order valence-electron chi connectivity index (χ1n) is 4.89. The Labute approximate surface area is 93.2 Å². The second-order valence-corrected chi connectivity index (χ2v) is 5.23. The van der Waals surface area contributed by atoms with Crippen LogP contribution in [-0.2, 0) is 12.0 Å². The van der Waals surface area contributed by atoms with E-state index in [0.717, 1.165) is 10.6 Å². The molecule has 80 valence electrons. The fourth-order valence-electron chi connectivity index (χ4n) is 1.56. The maximum atomic E-state index is 10.3. The summed E-state index contributed by atoms with van der Waals surface area (Å²) in [7, 11) is 0. The zero-order valence-corrected chi connectivity index (χ0v) is 9.67. The maximum absolute atomic E-state index is 10.3. The third-order valence-corrected chi connectivity index (χ3v) is 3.62. The highest BCUT2D eigenvalue weighted by molar-refractivity contribution is 7.12. The van der Waals surface area contributed by atoms with Crippen molar-refractivity contribution >= 4 is 11.3 Å². The van der Waals surface area contributed by atoms with Crippen LogP contribution in [-0.4, -0.2) is 5.11 Å². The Balaban J connectivity index is 2.20. The Morgan fingerprint density at radius 3 is 2.73 bits per heavy atom. The number of thiophene rings is 1. The summed E-state index contributed by atoms with van der Waals surface area (Å²) in [5.74, 6) is 0.811. The quantitative estimate of drug-likeness (QED) is 0.865. The van der Waals surface area contributed by atoms with Crippen LogP contribution in [0, 0.1) is 6.92 Å². The maximum Gasteiger partial charge on any atom is 0.107 e. The van der Waals surface area contributed by atoms with Crippen LogP contribution in [0.3, 0.4) is 0 Å². The number of rotatable bonds is 3. The molecule has 0 aromatic carbocycles. The molecule has 0 aliphatic heterocycles. The van der Waals surface area contributed by atoms with E-state index >= 15 is 0 Å². The summed E-state index contributed by atoms with van der Waals surface area (Å²) in [6.07, 6.45) is 2.14. The molecule has 2 aromatic heterocycles. The molecular formula is C12H14O2S. The van der Waals surface area contributed by atoms with Crippen LogP contribution in [0.25, 0.3) is 0 Å². The van der Waals surface area contributed by atoms with Gasteiger partial charge in [-0.05, 0) is 38.1 Å². The van der Waals surface area contributed by atoms with E-state index in [0.29, 0.717) is 6.42 Å². The predicted octanol–water partition coefficient (Wildman–Crippen LogP) is 3.10.